The van der Waals surface area contributed by atoms with Crippen LogP contribution in [-0.2, 0) is 10.8 Å². The Bertz CT molecular complexity index is 2270. The summed E-state index contributed by atoms with van der Waals surface area (Å²) in [5.74, 6) is 0. The van der Waals surface area contributed by atoms with Crippen molar-refractivity contribution in [2.24, 2.45) is 0 Å². The Morgan fingerprint density at radius 2 is 1.29 bits per heavy atom. The molecule has 1 aliphatic carbocycles. The molecule has 0 aromatic heterocycles. The minimum absolute atomic E-state index is 0.107. The molecule has 0 atom stereocenters. The van der Waals surface area contributed by atoms with E-state index in [2.05, 4.69) is 179 Å². The number of anilines is 1. The van der Waals surface area contributed by atoms with E-state index in [1.807, 2.05) is 0 Å². The zero-order chi connectivity index (χ0) is 33.2. The van der Waals surface area contributed by atoms with Gasteiger partial charge in [0.05, 0.1) is 5.41 Å². The molecule has 0 N–H and O–H groups in total. The van der Waals surface area contributed by atoms with Gasteiger partial charge >= 0.3 is 0 Å². The number of likely N-dealkylation sites (N-methyl/N-ethyl adjacent to an activating group) is 1. The molecule has 2 heterocycles. The van der Waals surface area contributed by atoms with Crippen LogP contribution in [0.15, 0.2) is 144 Å². The molecule has 0 spiro atoms. The minimum Gasteiger partial charge on any atom is -0.347 e. The summed E-state index contributed by atoms with van der Waals surface area (Å²) in [6, 6.07) is 37.8. The standard InChI is InChI=1S/C46H45N2/c1-45(2)40(47(5)38-27-23-31-15-10-12-21-36(31)43(38)45)29-25-34-19-14-20-35(42(34)33-17-8-7-9-18-33)26-30-41-46(3,4)44-37-22-13-11-16-32(37)24-28-39(44)48(41)6/h7-13,15-18,21-30H,14,19-20H2,1-6H3/q+1. The number of rotatable bonds is 4. The van der Waals surface area contributed by atoms with Gasteiger partial charge in [-0.05, 0) is 101 Å². The highest BCUT2D eigenvalue weighted by molar-refractivity contribution is 6.08. The average molecular weight is 626 g/mol. The second-order valence-electron chi connectivity index (χ2n) is 14.8. The SMILES string of the molecule is CN1/C(=C/C=C2\CCCC(/C=C/C3=[N+](C)c4ccc5ccccc5c4C3(C)C)=C2c2ccccc2)C(C)(C)c2c1ccc1ccccc21. The monoisotopic (exact) mass is 625 g/mol. The number of nitrogens with zero attached hydrogens (tertiary/aromatic N) is 2. The van der Waals surface area contributed by atoms with E-state index in [1.165, 1.54) is 77.7 Å². The Morgan fingerprint density at radius 1 is 0.646 bits per heavy atom. The van der Waals surface area contributed by atoms with E-state index in [9.17, 15) is 0 Å². The molecule has 0 radical (unpaired) electrons. The van der Waals surface area contributed by atoms with E-state index < -0.39 is 0 Å². The first kappa shape index (κ1) is 30.4. The fourth-order valence-corrected chi connectivity index (χ4v) is 8.98. The summed E-state index contributed by atoms with van der Waals surface area (Å²) in [6.07, 6.45) is 13.0. The van der Waals surface area contributed by atoms with Gasteiger partial charge in [-0.25, -0.2) is 0 Å². The number of hydrogen-bond acceptors (Lipinski definition) is 1. The van der Waals surface area contributed by atoms with Crippen LogP contribution < -0.4 is 4.90 Å². The largest absolute Gasteiger partial charge is 0.347 e. The first-order valence-electron chi connectivity index (χ1n) is 17.5. The van der Waals surface area contributed by atoms with E-state index in [0.29, 0.717) is 0 Å². The summed E-state index contributed by atoms with van der Waals surface area (Å²) >= 11 is 0. The summed E-state index contributed by atoms with van der Waals surface area (Å²) in [5, 5.41) is 5.32. The van der Waals surface area contributed by atoms with Crippen LogP contribution >= 0.6 is 0 Å². The van der Waals surface area contributed by atoms with Gasteiger partial charge in [0.15, 0.2) is 5.71 Å². The van der Waals surface area contributed by atoms with E-state index in [1.54, 1.807) is 0 Å². The first-order chi connectivity index (χ1) is 23.2. The van der Waals surface area contributed by atoms with Gasteiger partial charge in [-0.3, -0.25) is 0 Å². The highest BCUT2D eigenvalue weighted by Gasteiger charge is 2.44. The molecule has 2 nitrogen and oxygen atoms in total. The van der Waals surface area contributed by atoms with Gasteiger partial charge in [0.2, 0.25) is 5.69 Å². The maximum atomic E-state index is 2.43. The van der Waals surface area contributed by atoms with Gasteiger partial charge in [-0.1, -0.05) is 111 Å². The zero-order valence-corrected chi connectivity index (χ0v) is 29.1. The van der Waals surface area contributed by atoms with Crippen LogP contribution in [0.4, 0.5) is 11.4 Å². The van der Waals surface area contributed by atoms with E-state index >= 15 is 0 Å². The van der Waals surface area contributed by atoms with Crippen LogP contribution in [0.5, 0.6) is 0 Å². The molecule has 8 rings (SSSR count). The number of hydrogen-bond donors (Lipinski definition) is 0. The highest BCUT2D eigenvalue weighted by Crippen LogP contribution is 2.50. The molecule has 0 fully saturated rings. The maximum absolute atomic E-state index is 2.43. The van der Waals surface area contributed by atoms with Gasteiger partial charge in [-0.15, -0.1) is 0 Å². The van der Waals surface area contributed by atoms with Crippen molar-refractivity contribution in [2.45, 2.75) is 57.8 Å². The molecular weight excluding hydrogens is 581 g/mol. The van der Waals surface area contributed by atoms with Gasteiger partial charge in [0.25, 0.3) is 0 Å². The Hall–Kier alpha value is -4.95. The summed E-state index contributed by atoms with van der Waals surface area (Å²) in [4.78, 5) is 2.41. The molecule has 0 saturated heterocycles. The molecule has 0 bridgehead atoms. The van der Waals surface area contributed by atoms with Crippen LogP contribution in [0.3, 0.4) is 0 Å². The normalized spacial score (nSPS) is 20.2. The lowest BCUT2D eigenvalue weighted by atomic mass is 9.78. The lowest BCUT2D eigenvalue weighted by Gasteiger charge is -2.25. The Balaban J connectivity index is 1.22. The van der Waals surface area contributed by atoms with Crippen molar-refractivity contribution >= 4 is 44.2 Å². The number of fused-ring (bicyclic) bond motifs is 6. The number of allylic oxidation sites excluding steroid dienone is 8. The van der Waals surface area contributed by atoms with Crippen molar-refractivity contribution < 1.29 is 4.58 Å². The predicted octanol–water partition coefficient (Wildman–Crippen LogP) is 11.4. The molecule has 0 unspecified atom stereocenters. The molecule has 0 saturated carbocycles. The fraction of sp³-hybridized carbons (Fsp3) is 0.239. The van der Waals surface area contributed by atoms with Gasteiger partial charge in [0, 0.05) is 41.6 Å². The molecule has 3 aliphatic rings. The molecule has 238 valence electrons. The topological polar surface area (TPSA) is 6.25 Å². The molecule has 5 aromatic carbocycles. The molecule has 0 amide bonds. The van der Waals surface area contributed by atoms with Crippen LogP contribution in [0.2, 0.25) is 0 Å². The van der Waals surface area contributed by atoms with Crippen LogP contribution in [-0.4, -0.2) is 24.4 Å². The Morgan fingerprint density at radius 3 is 2.02 bits per heavy atom. The van der Waals surface area contributed by atoms with E-state index in [0.717, 1.165) is 19.3 Å². The second-order valence-corrected chi connectivity index (χ2v) is 14.8. The van der Waals surface area contributed by atoms with E-state index in [-0.39, 0.29) is 10.8 Å². The Labute approximate surface area is 285 Å². The highest BCUT2D eigenvalue weighted by atomic mass is 15.2. The molecule has 5 aromatic rings. The van der Waals surface area contributed by atoms with Crippen molar-refractivity contribution in [3.8, 4) is 0 Å². The van der Waals surface area contributed by atoms with Gasteiger partial charge < -0.3 is 4.90 Å². The lowest BCUT2D eigenvalue weighted by Crippen LogP contribution is -2.27. The zero-order valence-electron chi connectivity index (χ0n) is 29.1. The van der Waals surface area contributed by atoms with Gasteiger partial charge in [0.1, 0.15) is 7.05 Å². The summed E-state index contributed by atoms with van der Waals surface area (Å²) in [7, 11) is 4.46. The summed E-state index contributed by atoms with van der Waals surface area (Å²) in [5.41, 5.74) is 13.5. The average Bonchev–Trinajstić information content (AvgIpc) is 3.43. The third-order valence-corrected chi connectivity index (χ3v) is 11.3. The van der Waals surface area contributed by atoms with Crippen molar-refractivity contribution in [1.29, 1.82) is 0 Å². The minimum atomic E-state index is -0.107. The van der Waals surface area contributed by atoms with Gasteiger partial charge in [-0.2, -0.15) is 4.58 Å². The van der Waals surface area contributed by atoms with Crippen molar-refractivity contribution in [1.82, 2.24) is 0 Å². The summed E-state index contributed by atoms with van der Waals surface area (Å²) < 4.78 is 2.41. The third kappa shape index (κ3) is 4.65. The summed E-state index contributed by atoms with van der Waals surface area (Å²) in [6.45, 7) is 9.53. The second kappa shape index (κ2) is 11.3. The van der Waals surface area contributed by atoms with E-state index in [4.69, 9.17) is 0 Å². The molecule has 2 aliphatic heterocycles. The molecular formula is C46H45N2+. The van der Waals surface area contributed by atoms with Crippen LogP contribution in [0.1, 0.15) is 63.6 Å². The van der Waals surface area contributed by atoms with Crippen LogP contribution in [0, 0.1) is 0 Å². The van der Waals surface area contributed by atoms with Crippen LogP contribution in [0.25, 0.3) is 27.1 Å². The molecule has 2 heteroatoms. The maximum Gasteiger partial charge on any atom is 0.210 e. The first-order valence-corrected chi connectivity index (χ1v) is 17.5. The third-order valence-electron chi connectivity index (χ3n) is 11.3. The predicted molar refractivity (Wildman–Crippen MR) is 206 cm³/mol. The van der Waals surface area contributed by atoms with Crippen molar-refractivity contribution in [2.75, 3.05) is 19.0 Å². The quantitative estimate of drug-likeness (QED) is 0.180. The van der Waals surface area contributed by atoms with Crippen molar-refractivity contribution in [3.63, 3.8) is 0 Å². The van der Waals surface area contributed by atoms with Crippen molar-refractivity contribution in [3.05, 3.63) is 161 Å². The lowest BCUT2D eigenvalue weighted by molar-refractivity contribution is -0.401. The molecule has 48 heavy (non-hydrogen) atoms. The Kier molecular flexibility index (Phi) is 7.18. The smallest absolute Gasteiger partial charge is 0.210 e. The fourth-order valence-electron chi connectivity index (χ4n) is 8.98. The number of benzene rings is 5.